The largest absolute Gasteiger partial charge is 0.497 e. The van der Waals surface area contributed by atoms with Crippen LogP contribution >= 0.6 is 22.9 Å². The molecule has 5 aromatic rings. The van der Waals surface area contributed by atoms with Crippen LogP contribution in [-0.4, -0.2) is 22.8 Å². The van der Waals surface area contributed by atoms with Gasteiger partial charge in [0.15, 0.2) is 0 Å². The average molecular weight is 474 g/mol. The van der Waals surface area contributed by atoms with Crippen molar-refractivity contribution >= 4 is 44.7 Å². The van der Waals surface area contributed by atoms with E-state index in [4.69, 9.17) is 21.4 Å². The third-order valence-electron chi connectivity index (χ3n) is 5.34. The molecule has 0 aliphatic heterocycles. The number of ether oxygens (including phenoxy) is 1. The molecule has 0 saturated carbocycles. The van der Waals surface area contributed by atoms with Crippen LogP contribution in [0.15, 0.2) is 78.9 Å². The van der Waals surface area contributed by atoms with E-state index in [1.807, 2.05) is 66.2 Å². The molecule has 33 heavy (non-hydrogen) atoms. The zero-order valence-corrected chi connectivity index (χ0v) is 19.6. The van der Waals surface area contributed by atoms with Crippen molar-refractivity contribution in [2.75, 3.05) is 12.4 Å². The number of nitrogens with one attached hydrogen (secondary N) is 1. The average Bonchev–Trinajstić information content (AvgIpc) is 3.38. The molecule has 0 unspecified atom stereocenters. The highest BCUT2D eigenvalue weighted by Crippen LogP contribution is 2.42. The maximum Gasteiger partial charge on any atom is 0.267 e. The Morgan fingerprint density at radius 3 is 2.36 bits per heavy atom. The molecule has 0 spiro atoms. The van der Waals surface area contributed by atoms with Gasteiger partial charge in [0.25, 0.3) is 5.91 Å². The summed E-state index contributed by atoms with van der Waals surface area (Å²) in [5.74, 6) is 0.458. The highest BCUT2D eigenvalue weighted by atomic mass is 35.5. The van der Waals surface area contributed by atoms with E-state index < -0.39 is 0 Å². The molecule has 3 aromatic carbocycles. The molecular weight excluding hydrogens is 454 g/mol. The summed E-state index contributed by atoms with van der Waals surface area (Å²) in [6.45, 7) is 2.04. The van der Waals surface area contributed by atoms with Gasteiger partial charge in [-0.3, -0.25) is 4.79 Å². The zero-order valence-electron chi connectivity index (χ0n) is 18.0. The van der Waals surface area contributed by atoms with E-state index in [2.05, 4.69) is 5.32 Å². The first-order valence-corrected chi connectivity index (χ1v) is 11.5. The van der Waals surface area contributed by atoms with Gasteiger partial charge in [-0.25, -0.2) is 4.68 Å². The molecular formula is C26H20ClN3O2S. The lowest BCUT2D eigenvalue weighted by atomic mass is 10.1. The number of rotatable bonds is 5. The van der Waals surface area contributed by atoms with Crippen molar-refractivity contribution in [3.63, 3.8) is 0 Å². The van der Waals surface area contributed by atoms with Crippen LogP contribution in [0.5, 0.6) is 5.75 Å². The number of hydrogen-bond donors (Lipinski definition) is 1. The van der Waals surface area contributed by atoms with Crippen LogP contribution in [0.3, 0.4) is 0 Å². The number of thiophene rings is 1. The molecule has 0 radical (unpaired) electrons. The van der Waals surface area contributed by atoms with Crippen LogP contribution in [0.2, 0.25) is 5.02 Å². The van der Waals surface area contributed by atoms with Gasteiger partial charge in [-0.15, -0.1) is 11.3 Å². The van der Waals surface area contributed by atoms with Crippen molar-refractivity contribution in [2.45, 2.75) is 6.92 Å². The first-order valence-electron chi connectivity index (χ1n) is 10.3. The Morgan fingerprint density at radius 1 is 1.00 bits per heavy atom. The molecule has 0 bridgehead atoms. The number of aromatic nitrogens is 2. The standard InChI is InChI=1S/C26H20ClN3O2S/c1-16-8-10-17(11-9-16)23-21-22(27)24(25(31)28-18-12-14-20(32-2)15-13-18)33-26(21)30(29-23)19-6-4-3-5-7-19/h3-15H,1-2H3,(H,28,31). The van der Waals surface area contributed by atoms with Crippen molar-refractivity contribution in [3.8, 4) is 22.7 Å². The van der Waals surface area contributed by atoms with Gasteiger partial charge in [0.2, 0.25) is 0 Å². The smallest absolute Gasteiger partial charge is 0.267 e. The quantitative estimate of drug-likeness (QED) is 0.299. The van der Waals surface area contributed by atoms with Crippen LogP contribution < -0.4 is 10.1 Å². The van der Waals surface area contributed by atoms with Gasteiger partial charge in [0.05, 0.1) is 23.2 Å². The van der Waals surface area contributed by atoms with Crippen molar-refractivity contribution < 1.29 is 9.53 Å². The summed E-state index contributed by atoms with van der Waals surface area (Å²) in [7, 11) is 1.60. The first kappa shape index (κ1) is 21.2. The van der Waals surface area contributed by atoms with Crippen molar-refractivity contribution in [3.05, 3.63) is 94.3 Å². The van der Waals surface area contributed by atoms with Gasteiger partial charge in [0.1, 0.15) is 21.2 Å². The molecule has 0 aliphatic carbocycles. The predicted octanol–water partition coefficient (Wildman–Crippen LogP) is 6.98. The number of halogens is 1. The number of carbonyl (C=O) groups is 1. The highest BCUT2D eigenvalue weighted by molar-refractivity contribution is 7.21. The predicted molar refractivity (Wildman–Crippen MR) is 135 cm³/mol. The number of amides is 1. The number of para-hydroxylation sites is 1. The van der Waals surface area contributed by atoms with Gasteiger partial charge in [0, 0.05) is 11.3 Å². The fourth-order valence-corrected chi connectivity index (χ4v) is 5.11. The summed E-state index contributed by atoms with van der Waals surface area (Å²) in [6, 6.07) is 25.2. The Bertz CT molecular complexity index is 1440. The third-order valence-corrected chi connectivity index (χ3v) is 6.99. The topological polar surface area (TPSA) is 56.1 Å². The molecule has 2 heterocycles. The highest BCUT2D eigenvalue weighted by Gasteiger charge is 2.25. The van der Waals surface area contributed by atoms with Crippen molar-refractivity contribution in [1.82, 2.24) is 9.78 Å². The second kappa shape index (κ2) is 8.73. The third kappa shape index (κ3) is 3.99. The van der Waals surface area contributed by atoms with Crippen LogP contribution in [0.4, 0.5) is 5.69 Å². The van der Waals surface area contributed by atoms with Crippen LogP contribution in [0.1, 0.15) is 15.2 Å². The minimum Gasteiger partial charge on any atom is -0.497 e. The maximum atomic E-state index is 13.2. The maximum absolute atomic E-state index is 13.2. The fourth-order valence-electron chi connectivity index (χ4n) is 3.62. The molecule has 7 heteroatoms. The lowest BCUT2D eigenvalue weighted by Gasteiger charge is -2.06. The van der Waals surface area contributed by atoms with Crippen LogP contribution in [-0.2, 0) is 0 Å². The van der Waals surface area contributed by atoms with E-state index in [-0.39, 0.29) is 5.91 Å². The van der Waals surface area contributed by atoms with E-state index in [0.29, 0.717) is 15.6 Å². The van der Waals surface area contributed by atoms with Gasteiger partial charge in [-0.2, -0.15) is 5.10 Å². The molecule has 1 amide bonds. The molecule has 0 atom stereocenters. The Labute approximate surface area is 200 Å². The molecule has 0 saturated heterocycles. The molecule has 2 aromatic heterocycles. The lowest BCUT2D eigenvalue weighted by Crippen LogP contribution is -2.10. The summed E-state index contributed by atoms with van der Waals surface area (Å²) >= 11 is 8.16. The second-order valence-corrected chi connectivity index (χ2v) is 8.95. The molecule has 0 aliphatic rings. The van der Waals surface area contributed by atoms with Gasteiger partial charge in [-0.1, -0.05) is 59.6 Å². The number of aryl methyl sites for hydroxylation is 1. The summed E-state index contributed by atoms with van der Waals surface area (Å²) < 4.78 is 7.04. The number of carbonyl (C=O) groups excluding carboxylic acids is 1. The Balaban J connectivity index is 1.62. The summed E-state index contributed by atoms with van der Waals surface area (Å²) in [4.78, 5) is 14.4. The number of hydrogen-bond acceptors (Lipinski definition) is 4. The minimum atomic E-state index is -0.263. The summed E-state index contributed by atoms with van der Waals surface area (Å²) in [5, 5.41) is 8.98. The molecule has 0 fully saturated rings. The number of benzene rings is 3. The molecule has 5 rings (SSSR count). The van der Waals surface area contributed by atoms with Crippen LogP contribution in [0.25, 0.3) is 27.2 Å². The van der Waals surface area contributed by atoms with Gasteiger partial charge in [-0.05, 0) is 43.3 Å². The Hall–Kier alpha value is -3.61. The Kier molecular flexibility index (Phi) is 5.62. The fraction of sp³-hybridized carbons (Fsp3) is 0.0769. The van der Waals surface area contributed by atoms with Gasteiger partial charge < -0.3 is 10.1 Å². The van der Waals surface area contributed by atoms with E-state index in [1.165, 1.54) is 11.3 Å². The van der Waals surface area contributed by atoms with E-state index in [0.717, 1.165) is 38.5 Å². The normalized spacial score (nSPS) is 11.0. The lowest BCUT2D eigenvalue weighted by molar-refractivity contribution is 0.103. The van der Waals surface area contributed by atoms with Crippen LogP contribution in [0, 0.1) is 6.92 Å². The van der Waals surface area contributed by atoms with E-state index >= 15 is 0 Å². The van der Waals surface area contributed by atoms with Crippen molar-refractivity contribution in [2.24, 2.45) is 0 Å². The zero-order chi connectivity index (χ0) is 22.9. The molecule has 164 valence electrons. The molecule has 1 N–H and O–H groups in total. The summed E-state index contributed by atoms with van der Waals surface area (Å²) in [6.07, 6.45) is 0. The Morgan fingerprint density at radius 2 is 1.70 bits per heavy atom. The monoisotopic (exact) mass is 473 g/mol. The number of fused-ring (bicyclic) bond motifs is 1. The number of anilines is 1. The first-order chi connectivity index (χ1) is 16.0. The SMILES string of the molecule is COc1ccc(NC(=O)c2sc3c(c(-c4ccc(C)cc4)nn3-c3ccccc3)c2Cl)cc1. The van der Waals surface area contributed by atoms with Gasteiger partial charge >= 0.3 is 0 Å². The number of methoxy groups -OCH3 is 1. The minimum absolute atomic E-state index is 0.263. The number of nitrogens with zero attached hydrogens (tertiary/aromatic N) is 2. The van der Waals surface area contributed by atoms with Crippen molar-refractivity contribution in [1.29, 1.82) is 0 Å². The van der Waals surface area contributed by atoms with E-state index in [9.17, 15) is 4.79 Å². The summed E-state index contributed by atoms with van der Waals surface area (Å²) in [5.41, 5.74) is 4.42. The van der Waals surface area contributed by atoms with E-state index in [1.54, 1.807) is 31.4 Å². The molecule has 5 nitrogen and oxygen atoms in total. The second-order valence-electron chi connectivity index (χ2n) is 7.57.